The number of anilines is 1. The number of pyridine rings is 1. The molecule has 0 spiro atoms. The van der Waals surface area contributed by atoms with E-state index in [0.717, 1.165) is 35.5 Å². The van der Waals surface area contributed by atoms with Crippen molar-refractivity contribution in [2.24, 2.45) is 5.73 Å². The van der Waals surface area contributed by atoms with Crippen LogP contribution in [0.3, 0.4) is 0 Å². The Balaban J connectivity index is 1.59. The summed E-state index contributed by atoms with van der Waals surface area (Å²) in [5, 5.41) is 3.61. The smallest absolute Gasteiger partial charge is 0.249 e. The quantitative estimate of drug-likeness (QED) is 0.543. The van der Waals surface area contributed by atoms with Crippen LogP contribution in [0, 0.1) is 5.82 Å². The van der Waals surface area contributed by atoms with Gasteiger partial charge in [0.05, 0.1) is 6.20 Å². The zero-order valence-corrected chi connectivity index (χ0v) is 20.0. The number of halogens is 2. The lowest BCUT2D eigenvalue weighted by Crippen LogP contribution is -2.38. The molecule has 3 aromatic rings. The summed E-state index contributed by atoms with van der Waals surface area (Å²) in [6.45, 7) is 1.46. The van der Waals surface area contributed by atoms with E-state index < -0.39 is 26.4 Å². The lowest BCUT2D eigenvalue weighted by atomic mass is 9.92. The van der Waals surface area contributed by atoms with Crippen LogP contribution >= 0.6 is 0 Å². The Morgan fingerprint density at radius 3 is 2.86 bits per heavy atom. The summed E-state index contributed by atoms with van der Waals surface area (Å²) in [5.74, 6) is -1.04. The first kappa shape index (κ1) is 23.6. The van der Waals surface area contributed by atoms with Crippen molar-refractivity contribution >= 4 is 26.9 Å². The van der Waals surface area contributed by atoms with Crippen LogP contribution in [-0.4, -0.2) is 44.2 Å². The normalized spacial score (nSPS) is 25.0. The van der Waals surface area contributed by atoms with Crippen LogP contribution in [0.2, 0.25) is 0 Å². The molecule has 0 aliphatic heterocycles. The zero-order valence-electron chi connectivity index (χ0n) is 19.2. The van der Waals surface area contributed by atoms with Crippen LogP contribution in [0.15, 0.2) is 54.8 Å². The Hall–Kier alpha value is -3.18. The van der Waals surface area contributed by atoms with Gasteiger partial charge in [-0.05, 0) is 63.3 Å². The summed E-state index contributed by atoms with van der Waals surface area (Å²) in [4.78, 5) is 12.8. The van der Waals surface area contributed by atoms with Gasteiger partial charge in [0, 0.05) is 35.4 Å². The third kappa shape index (κ3) is 4.23. The molecule has 0 radical (unpaired) electrons. The van der Waals surface area contributed by atoms with E-state index in [1.165, 1.54) is 31.5 Å². The first-order chi connectivity index (χ1) is 16.7. The number of nitrogens with one attached hydrogen (secondary N) is 1. The monoisotopic (exact) mass is 500 g/mol. The number of allylic oxidation sites excluding steroid dienone is 3. The van der Waals surface area contributed by atoms with Crippen LogP contribution in [0.4, 0.5) is 14.6 Å². The van der Waals surface area contributed by atoms with Gasteiger partial charge in [-0.3, -0.25) is 0 Å². The summed E-state index contributed by atoms with van der Waals surface area (Å²) in [6.07, 6.45) is 11.3. The molecule has 0 amide bonds. The number of aromatic nitrogens is 4. The van der Waals surface area contributed by atoms with Crippen LogP contribution in [0.5, 0.6) is 0 Å². The van der Waals surface area contributed by atoms with E-state index in [0.29, 0.717) is 17.4 Å². The Labute approximate surface area is 202 Å². The topological polar surface area (TPSA) is 116 Å². The van der Waals surface area contributed by atoms with Gasteiger partial charge in [0.2, 0.25) is 10.0 Å². The third-order valence-electron chi connectivity index (χ3n) is 6.66. The van der Waals surface area contributed by atoms with Gasteiger partial charge in [0.25, 0.3) is 0 Å². The van der Waals surface area contributed by atoms with Gasteiger partial charge < -0.3 is 11.1 Å². The highest BCUT2D eigenvalue weighted by Gasteiger charge is 2.41. The van der Waals surface area contributed by atoms with E-state index in [-0.39, 0.29) is 35.8 Å². The average molecular weight is 501 g/mol. The molecule has 5 rings (SSSR count). The maximum atomic E-state index is 14.6. The van der Waals surface area contributed by atoms with Crippen molar-refractivity contribution < 1.29 is 17.2 Å². The van der Waals surface area contributed by atoms with E-state index in [1.807, 2.05) is 0 Å². The fourth-order valence-electron chi connectivity index (χ4n) is 4.75. The van der Waals surface area contributed by atoms with Crippen LogP contribution in [0.25, 0.3) is 22.4 Å². The SMILES string of the molecule is CC1(S(=O)(=O)n2cc(-c3ncc(F)c(N[C@@H]4CCC[C@H](N)C4)n3)c3cccnc32)C=C(F)C=CC1. The number of hydrogen-bond acceptors (Lipinski definition) is 7. The predicted octanol–water partition coefficient (Wildman–Crippen LogP) is 4.06. The van der Waals surface area contributed by atoms with E-state index in [1.54, 1.807) is 12.1 Å². The molecule has 11 heteroatoms. The molecule has 184 valence electrons. The van der Waals surface area contributed by atoms with Gasteiger partial charge in [0.15, 0.2) is 23.1 Å². The molecule has 3 heterocycles. The number of nitrogens with zero attached hydrogens (tertiary/aromatic N) is 4. The van der Waals surface area contributed by atoms with Crippen molar-refractivity contribution in [1.82, 2.24) is 18.9 Å². The average Bonchev–Trinajstić information content (AvgIpc) is 3.21. The summed E-state index contributed by atoms with van der Waals surface area (Å²) in [6, 6.07) is 3.40. The molecule has 8 nitrogen and oxygen atoms in total. The molecule has 3 aromatic heterocycles. The summed E-state index contributed by atoms with van der Waals surface area (Å²) in [5.41, 5.74) is 6.59. The fourth-order valence-corrected chi connectivity index (χ4v) is 6.39. The minimum absolute atomic E-state index is 0.0135. The van der Waals surface area contributed by atoms with E-state index in [4.69, 9.17) is 5.73 Å². The van der Waals surface area contributed by atoms with E-state index in [9.17, 15) is 17.2 Å². The third-order valence-corrected chi connectivity index (χ3v) is 8.92. The molecule has 35 heavy (non-hydrogen) atoms. The predicted molar refractivity (Wildman–Crippen MR) is 130 cm³/mol. The minimum Gasteiger partial charge on any atom is -0.365 e. The standard InChI is InChI=1S/C24H26F2N6O2S/c1-24(9-3-5-15(25)12-24)35(33,34)32-14-19(18-8-4-10-28-23(18)32)21-29-13-20(26)22(31-21)30-17-7-2-6-16(27)11-17/h3-5,8,10,12-14,16-17H,2,6-7,9,11,27H2,1H3,(H,29,30,31)/t16-,17+,24?/m0/s1. The van der Waals surface area contributed by atoms with Crippen molar-refractivity contribution in [1.29, 1.82) is 0 Å². The first-order valence-electron chi connectivity index (χ1n) is 11.5. The number of nitrogens with two attached hydrogens (primary N) is 1. The summed E-state index contributed by atoms with van der Waals surface area (Å²) >= 11 is 0. The van der Waals surface area contributed by atoms with Gasteiger partial charge in [-0.1, -0.05) is 6.08 Å². The van der Waals surface area contributed by atoms with Gasteiger partial charge in [0.1, 0.15) is 10.6 Å². The molecule has 0 aromatic carbocycles. The Morgan fingerprint density at radius 1 is 1.26 bits per heavy atom. The lowest BCUT2D eigenvalue weighted by molar-refractivity contribution is 0.407. The molecule has 0 bridgehead atoms. The molecule has 1 unspecified atom stereocenters. The van der Waals surface area contributed by atoms with Crippen molar-refractivity contribution in [3.05, 3.63) is 60.6 Å². The fraction of sp³-hybridized carbons (Fsp3) is 0.375. The second kappa shape index (κ2) is 8.80. The van der Waals surface area contributed by atoms with Crippen LogP contribution in [0.1, 0.15) is 39.0 Å². The maximum absolute atomic E-state index is 14.6. The second-order valence-corrected chi connectivity index (χ2v) is 11.6. The van der Waals surface area contributed by atoms with E-state index >= 15 is 0 Å². The van der Waals surface area contributed by atoms with Crippen LogP contribution in [-0.2, 0) is 10.0 Å². The van der Waals surface area contributed by atoms with Gasteiger partial charge in [-0.25, -0.2) is 36.1 Å². The molecule has 3 N–H and O–H groups in total. The van der Waals surface area contributed by atoms with Gasteiger partial charge >= 0.3 is 0 Å². The first-order valence-corrected chi connectivity index (χ1v) is 12.9. The zero-order chi connectivity index (χ0) is 24.8. The molecular weight excluding hydrogens is 474 g/mol. The molecule has 2 aliphatic rings. The highest BCUT2D eigenvalue weighted by molar-refractivity contribution is 7.91. The van der Waals surface area contributed by atoms with Crippen molar-refractivity contribution in [3.63, 3.8) is 0 Å². The molecule has 2 aliphatic carbocycles. The van der Waals surface area contributed by atoms with E-state index in [2.05, 4.69) is 20.3 Å². The summed E-state index contributed by atoms with van der Waals surface area (Å²) in [7, 11) is -4.13. The summed E-state index contributed by atoms with van der Waals surface area (Å²) < 4.78 is 55.5. The Bertz CT molecular complexity index is 1450. The van der Waals surface area contributed by atoms with Crippen molar-refractivity contribution in [2.45, 2.75) is 55.9 Å². The molecular formula is C24H26F2N6O2S. The Morgan fingerprint density at radius 2 is 2.09 bits per heavy atom. The largest absolute Gasteiger partial charge is 0.365 e. The number of rotatable bonds is 5. The lowest BCUT2D eigenvalue weighted by Gasteiger charge is -2.27. The van der Waals surface area contributed by atoms with Crippen LogP contribution < -0.4 is 11.1 Å². The Kier molecular flexibility index (Phi) is 5.92. The van der Waals surface area contributed by atoms with Gasteiger partial charge in [-0.15, -0.1) is 0 Å². The molecule has 1 saturated carbocycles. The van der Waals surface area contributed by atoms with Crippen molar-refractivity contribution in [3.8, 4) is 11.4 Å². The number of fused-ring (bicyclic) bond motifs is 1. The van der Waals surface area contributed by atoms with Gasteiger partial charge in [-0.2, -0.15) is 0 Å². The highest BCUT2D eigenvalue weighted by atomic mass is 32.2. The maximum Gasteiger partial charge on any atom is 0.249 e. The number of hydrogen-bond donors (Lipinski definition) is 2. The highest BCUT2D eigenvalue weighted by Crippen LogP contribution is 2.36. The molecule has 0 saturated heterocycles. The molecule has 1 fully saturated rings. The van der Waals surface area contributed by atoms with Crippen molar-refractivity contribution in [2.75, 3.05) is 5.32 Å². The second-order valence-electron chi connectivity index (χ2n) is 9.32. The molecule has 3 atom stereocenters. The minimum atomic E-state index is -4.13.